The third kappa shape index (κ3) is 5.76. The molecule has 2 saturated heterocycles. The highest BCUT2D eigenvalue weighted by Crippen LogP contribution is 2.22. The zero-order valence-electron chi connectivity index (χ0n) is 16.2. The number of amides is 2. The standard InChI is InChI=1S/C19H35N3O2/c1-15-10-16(2)13-22(12-15)18(24)14-20-6-8-21(9-7-20)17(23)11-19(3,4)5/h15-16H,6-14H2,1-5H3. The number of piperidine rings is 1. The molecule has 0 N–H and O–H groups in total. The summed E-state index contributed by atoms with van der Waals surface area (Å²) >= 11 is 0. The zero-order valence-corrected chi connectivity index (χ0v) is 16.2. The molecule has 2 heterocycles. The van der Waals surface area contributed by atoms with Crippen LogP contribution < -0.4 is 0 Å². The number of carbonyl (C=O) groups excluding carboxylic acids is 2. The molecule has 138 valence electrons. The van der Waals surface area contributed by atoms with Gasteiger partial charge >= 0.3 is 0 Å². The molecule has 2 rings (SSSR count). The molecule has 0 aliphatic carbocycles. The summed E-state index contributed by atoms with van der Waals surface area (Å²) in [5, 5.41) is 0. The number of hydrogen-bond donors (Lipinski definition) is 0. The first-order chi connectivity index (χ1) is 11.1. The molecule has 5 heteroatoms. The molecule has 0 spiro atoms. The van der Waals surface area contributed by atoms with E-state index in [9.17, 15) is 9.59 Å². The van der Waals surface area contributed by atoms with Crippen molar-refractivity contribution in [2.75, 3.05) is 45.8 Å². The molecular weight excluding hydrogens is 302 g/mol. The molecule has 0 aromatic rings. The van der Waals surface area contributed by atoms with Gasteiger partial charge in [0.25, 0.3) is 0 Å². The SMILES string of the molecule is CC1CC(C)CN(C(=O)CN2CCN(C(=O)CC(C)(C)C)CC2)C1. The Morgan fingerprint density at radius 1 is 0.875 bits per heavy atom. The molecule has 2 aliphatic heterocycles. The minimum atomic E-state index is 0.0336. The first kappa shape index (κ1) is 19.2. The van der Waals surface area contributed by atoms with Gasteiger partial charge in [-0.15, -0.1) is 0 Å². The summed E-state index contributed by atoms with van der Waals surface area (Å²) in [5.74, 6) is 1.70. The molecule has 2 atom stereocenters. The van der Waals surface area contributed by atoms with Crippen LogP contribution in [-0.2, 0) is 9.59 Å². The molecule has 0 saturated carbocycles. The number of likely N-dealkylation sites (tertiary alicyclic amines) is 1. The summed E-state index contributed by atoms with van der Waals surface area (Å²) in [7, 11) is 0. The smallest absolute Gasteiger partial charge is 0.236 e. The van der Waals surface area contributed by atoms with Crippen LogP contribution in [0.2, 0.25) is 0 Å². The summed E-state index contributed by atoms with van der Waals surface area (Å²) < 4.78 is 0. The molecule has 2 unspecified atom stereocenters. The van der Waals surface area contributed by atoms with Gasteiger partial charge < -0.3 is 9.80 Å². The Kier molecular flexibility index (Phi) is 6.29. The van der Waals surface area contributed by atoms with Crippen molar-refractivity contribution >= 4 is 11.8 Å². The quantitative estimate of drug-likeness (QED) is 0.792. The lowest BCUT2D eigenvalue weighted by Crippen LogP contribution is -2.53. The van der Waals surface area contributed by atoms with Crippen LogP contribution in [0.4, 0.5) is 0 Å². The van der Waals surface area contributed by atoms with Crippen LogP contribution in [0.25, 0.3) is 0 Å². The molecule has 2 amide bonds. The van der Waals surface area contributed by atoms with E-state index < -0.39 is 0 Å². The maximum Gasteiger partial charge on any atom is 0.236 e. The summed E-state index contributed by atoms with van der Waals surface area (Å²) in [5.41, 5.74) is 0.0336. The average molecular weight is 338 g/mol. The Labute approximate surface area is 147 Å². The van der Waals surface area contributed by atoms with E-state index in [0.717, 1.165) is 39.3 Å². The zero-order chi connectivity index (χ0) is 17.9. The van der Waals surface area contributed by atoms with E-state index >= 15 is 0 Å². The Hall–Kier alpha value is -1.10. The van der Waals surface area contributed by atoms with Crippen LogP contribution in [0.3, 0.4) is 0 Å². The maximum absolute atomic E-state index is 12.6. The van der Waals surface area contributed by atoms with Gasteiger partial charge in [0.1, 0.15) is 0 Å². The molecular formula is C19H35N3O2. The van der Waals surface area contributed by atoms with Crippen molar-refractivity contribution in [3.63, 3.8) is 0 Å². The van der Waals surface area contributed by atoms with Gasteiger partial charge in [0.15, 0.2) is 0 Å². The summed E-state index contributed by atoms with van der Waals surface area (Å²) in [6.07, 6.45) is 1.81. The molecule has 0 aromatic carbocycles. The first-order valence-corrected chi connectivity index (χ1v) is 9.42. The van der Waals surface area contributed by atoms with E-state index in [2.05, 4.69) is 39.5 Å². The lowest BCUT2D eigenvalue weighted by atomic mass is 9.91. The highest BCUT2D eigenvalue weighted by molar-refractivity contribution is 5.79. The fourth-order valence-electron chi connectivity index (χ4n) is 3.88. The highest BCUT2D eigenvalue weighted by atomic mass is 16.2. The van der Waals surface area contributed by atoms with E-state index in [1.54, 1.807) is 0 Å². The van der Waals surface area contributed by atoms with Gasteiger partial charge in [0.2, 0.25) is 11.8 Å². The fraction of sp³-hybridized carbons (Fsp3) is 0.895. The predicted octanol–water partition coefficient (Wildman–Crippen LogP) is 2.07. The lowest BCUT2D eigenvalue weighted by molar-refractivity contribution is -0.137. The van der Waals surface area contributed by atoms with Crippen molar-refractivity contribution in [3.8, 4) is 0 Å². The Morgan fingerprint density at radius 3 is 1.92 bits per heavy atom. The van der Waals surface area contributed by atoms with Gasteiger partial charge in [-0.25, -0.2) is 0 Å². The maximum atomic E-state index is 12.6. The lowest BCUT2D eigenvalue weighted by Gasteiger charge is -2.38. The minimum Gasteiger partial charge on any atom is -0.341 e. The second-order valence-electron chi connectivity index (χ2n) is 9.14. The van der Waals surface area contributed by atoms with Crippen molar-refractivity contribution in [2.24, 2.45) is 17.3 Å². The van der Waals surface area contributed by atoms with Crippen molar-refractivity contribution in [1.29, 1.82) is 0 Å². The van der Waals surface area contributed by atoms with Gasteiger partial charge in [0.05, 0.1) is 6.54 Å². The fourth-order valence-corrected chi connectivity index (χ4v) is 3.88. The molecule has 0 radical (unpaired) electrons. The normalized spacial score (nSPS) is 26.5. The molecule has 0 aromatic heterocycles. The largest absolute Gasteiger partial charge is 0.341 e. The Morgan fingerprint density at radius 2 is 1.42 bits per heavy atom. The highest BCUT2D eigenvalue weighted by Gasteiger charge is 2.29. The van der Waals surface area contributed by atoms with Gasteiger partial charge in [-0.2, -0.15) is 0 Å². The number of nitrogens with zero attached hydrogens (tertiary/aromatic N) is 3. The van der Waals surface area contributed by atoms with E-state index in [4.69, 9.17) is 0 Å². The number of carbonyl (C=O) groups is 2. The predicted molar refractivity (Wildman–Crippen MR) is 96.6 cm³/mol. The second-order valence-corrected chi connectivity index (χ2v) is 9.14. The monoisotopic (exact) mass is 337 g/mol. The van der Waals surface area contributed by atoms with Gasteiger partial charge in [-0.3, -0.25) is 14.5 Å². The van der Waals surface area contributed by atoms with E-state index in [1.165, 1.54) is 6.42 Å². The van der Waals surface area contributed by atoms with Crippen molar-refractivity contribution in [3.05, 3.63) is 0 Å². The van der Waals surface area contributed by atoms with Gasteiger partial charge in [0, 0.05) is 45.7 Å². The molecule has 2 aliphatic rings. The van der Waals surface area contributed by atoms with Gasteiger partial charge in [-0.05, 0) is 23.7 Å². The molecule has 5 nitrogen and oxygen atoms in total. The van der Waals surface area contributed by atoms with Crippen LogP contribution in [0.1, 0.15) is 47.5 Å². The minimum absolute atomic E-state index is 0.0336. The van der Waals surface area contributed by atoms with Crippen LogP contribution in [0.5, 0.6) is 0 Å². The number of piperazine rings is 1. The van der Waals surface area contributed by atoms with Crippen LogP contribution in [0.15, 0.2) is 0 Å². The van der Waals surface area contributed by atoms with E-state index in [0.29, 0.717) is 24.8 Å². The molecule has 2 fully saturated rings. The number of rotatable bonds is 3. The van der Waals surface area contributed by atoms with Crippen molar-refractivity contribution in [1.82, 2.24) is 14.7 Å². The van der Waals surface area contributed by atoms with E-state index in [-0.39, 0.29) is 17.2 Å². The summed E-state index contributed by atoms with van der Waals surface area (Å²) in [4.78, 5) is 31.1. The number of hydrogen-bond acceptors (Lipinski definition) is 3. The third-order valence-electron chi connectivity index (χ3n) is 4.99. The Balaban J connectivity index is 1.76. The molecule has 0 bridgehead atoms. The van der Waals surface area contributed by atoms with Crippen molar-refractivity contribution in [2.45, 2.75) is 47.5 Å². The summed E-state index contributed by atoms with van der Waals surface area (Å²) in [6, 6.07) is 0. The second kappa shape index (κ2) is 7.85. The average Bonchev–Trinajstić information content (AvgIpc) is 2.45. The third-order valence-corrected chi connectivity index (χ3v) is 4.99. The topological polar surface area (TPSA) is 43.9 Å². The van der Waals surface area contributed by atoms with Crippen molar-refractivity contribution < 1.29 is 9.59 Å². The Bertz CT molecular complexity index is 440. The molecule has 24 heavy (non-hydrogen) atoms. The van der Waals surface area contributed by atoms with Gasteiger partial charge in [-0.1, -0.05) is 34.6 Å². The first-order valence-electron chi connectivity index (χ1n) is 9.42. The van der Waals surface area contributed by atoms with E-state index in [1.807, 2.05) is 9.80 Å². The summed E-state index contributed by atoms with van der Waals surface area (Å²) in [6.45, 7) is 16.2. The van der Waals surface area contributed by atoms with Crippen LogP contribution in [0, 0.1) is 17.3 Å². The van der Waals surface area contributed by atoms with Crippen LogP contribution >= 0.6 is 0 Å². The van der Waals surface area contributed by atoms with Crippen LogP contribution in [-0.4, -0.2) is 72.3 Å².